The summed E-state index contributed by atoms with van der Waals surface area (Å²) >= 11 is 0. The Morgan fingerprint density at radius 1 is 0.912 bits per heavy atom. The lowest BCUT2D eigenvalue weighted by atomic mass is 9.48. The molecule has 4 bridgehead atoms. The Morgan fingerprint density at radius 2 is 1.62 bits per heavy atom. The maximum absolute atomic E-state index is 13.4. The Balaban J connectivity index is 1.45. The number of H-pyrrole nitrogens is 1. The first-order valence-electron chi connectivity index (χ1n) is 12.9. The lowest BCUT2D eigenvalue weighted by molar-refractivity contribution is -0.137. The molecular formula is C29H33F3N2. The van der Waals surface area contributed by atoms with Gasteiger partial charge in [-0.2, -0.15) is 13.2 Å². The Bertz CT molecular complexity index is 1170. The van der Waals surface area contributed by atoms with E-state index in [0.717, 1.165) is 59.9 Å². The van der Waals surface area contributed by atoms with Crippen LogP contribution in [0.15, 0.2) is 42.5 Å². The molecule has 2 aromatic carbocycles. The van der Waals surface area contributed by atoms with Crippen LogP contribution in [0.1, 0.15) is 68.1 Å². The van der Waals surface area contributed by atoms with Gasteiger partial charge in [0.1, 0.15) is 0 Å². The Hall–Kier alpha value is -2.27. The fraction of sp³-hybridized carbons (Fsp3) is 0.517. The number of aromatic amines is 1. The highest BCUT2D eigenvalue weighted by atomic mass is 19.4. The van der Waals surface area contributed by atoms with E-state index in [2.05, 4.69) is 23.2 Å². The first-order valence-corrected chi connectivity index (χ1v) is 12.9. The van der Waals surface area contributed by atoms with Crippen molar-refractivity contribution in [1.82, 2.24) is 4.98 Å². The predicted octanol–water partition coefficient (Wildman–Crippen LogP) is 7.60. The number of nitrogens with one attached hydrogen (secondary N) is 1. The largest absolute Gasteiger partial charge is 0.416 e. The van der Waals surface area contributed by atoms with Crippen molar-refractivity contribution in [2.24, 2.45) is 23.5 Å². The van der Waals surface area contributed by atoms with E-state index >= 15 is 0 Å². The van der Waals surface area contributed by atoms with Crippen molar-refractivity contribution in [3.63, 3.8) is 0 Å². The van der Waals surface area contributed by atoms with Crippen LogP contribution in [0.25, 0.3) is 22.2 Å². The topological polar surface area (TPSA) is 41.8 Å². The first-order chi connectivity index (χ1) is 16.3. The molecule has 0 saturated heterocycles. The Morgan fingerprint density at radius 3 is 2.26 bits per heavy atom. The van der Waals surface area contributed by atoms with E-state index in [1.165, 1.54) is 61.6 Å². The maximum Gasteiger partial charge on any atom is 0.416 e. The molecule has 0 radical (unpaired) electrons. The van der Waals surface area contributed by atoms with Crippen LogP contribution in [0, 0.1) is 17.8 Å². The second-order valence-corrected chi connectivity index (χ2v) is 11.3. The lowest BCUT2D eigenvalue weighted by Gasteiger charge is -2.57. The molecule has 0 aliphatic heterocycles. The molecular weight excluding hydrogens is 433 g/mol. The SMILES string of the molecule is NCCCCc1c(-c2cccc(C(F)(F)F)c2)[nH]c2ccc(C34CC5CC(CC(C5)C3)C4)cc12. The highest BCUT2D eigenvalue weighted by Gasteiger charge is 2.51. The fourth-order valence-corrected chi connectivity index (χ4v) is 7.84. The second-order valence-electron chi connectivity index (χ2n) is 11.3. The first kappa shape index (κ1) is 22.2. The van der Waals surface area contributed by atoms with E-state index in [1.54, 1.807) is 6.07 Å². The Labute approximate surface area is 199 Å². The summed E-state index contributed by atoms with van der Waals surface area (Å²) in [5, 5.41) is 1.18. The number of aromatic nitrogens is 1. The zero-order valence-electron chi connectivity index (χ0n) is 19.6. The molecule has 4 fully saturated rings. The van der Waals surface area contributed by atoms with E-state index in [-0.39, 0.29) is 0 Å². The van der Waals surface area contributed by atoms with Crippen LogP contribution in [0.5, 0.6) is 0 Å². The van der Waals surface area contributed by atoms with Gasteiger partial charge in [-0.1, -0.05) is 18.2 Å². The summed E-state index contributed by atoms with van der Waals surface area (Å²) < 4.78 is 40.3. The summed E-state index contributed by atoms with van der Waals surface area (Å²) in [6, 6.07) is 12.6. The molecule has 34 heavy (non-hydrogen) atoms. The molecule has 0 unspecified atom stereocenters. The number of fused-ring (bicyclic) bond motifs is 1. The molecule has 4 aliphatic rings. The summed E-state index contributed by atoms with van der Waals surface area (Å²) in [7, 11) is 0. The van der Waals surface area contributed by atoms with Crippen LogP contribution in [-0.4, -0.2) is 11.5 Å². The number of benzene rings is 2. The zero-order chi connectivity index (χ0) is 23.5. The van der Waals surface area contributed by atoms with Gasteiger partial charge in [0, 0.05) is 16.6 Å². The molecule has 0 spiro atoms. The third-order valence-corrected chi connectivity index (χ3v) is 8.92. The van der Waals surface area contributed by atoms with Gasteiger partial charge in [-0.15, -0.1) is 0 Å². The van der Waals surface area contributed by atoms with Crippen molar-refractivity contribution in [2.75, 3.05) is 6.54 Å². The van der Waals surface area contributed by atoms with Crippen LogP contribution < -0.4 is 5.73 Å². The van der Waals surface area contributed by atoms with Gasteiger partial charge in [0.15, 0.2) is 0 Å². The number of nitrogens with two attached hydrogens (primary N) is 1. The number of unbranched alkanes of at least 4 members (excludes halogenated alkanes) is 1. The molecule has 4 saturated carbocycles. The molecule has 5 heteroatoms. The number of hydrogen-bond donors (Lipinski definition) is 2. The number of halogens is 3. The second kappa shape index (κ2) is 8.15. The van der Waals surface area contributed by atoms with E-state index in [1.807, 2.05) is 0 Å². The summed E-state index contributed by atoms with van der Waals surface area (Å²) in [5.41, 5.74) is 10.5. The van der Waals surface area contributed by atoms with Gasteiger partial charge in [-0.3, -0.25) is 0 Å². The summed E-state index contributed by atoms with van der Waals surface area (Å²) in [6.45, 7) is 0.625. The minimum absolute atomic E-state index is 0.297. The van der Waals surface area contributed by atoms with E-state index < -0.39 is 11.7 Å². The normalized spacial score (nSPS) is 28.2. The third kappa shape index (κ3) is 3.77. The molecule has 180 valence electrons. The molecule has 3 N–H and O–H groups in total. The number of aryl methyl sites for hydroxylation is 1. The highest BCUT2D eigenvalue weighted by Crippen LogP contribution is 2.61. The summed E-state index contributed by atoms with van der Waals surface area (Å²) in [6.07, 6.45) is 6.44. The number of hydrogen-bond acceptors (Lipinski definition) is 1. The summed E-state index contributed by atoms with van der Waals surface area (Å²) in [5.74, 6) is 2.62. The van der Waals surface area contributed by atoms with E-state index in [0.29, 0.717) is 17.5 Å². The maximum atomic E-state index is 13.4. The quantitative estimate of drug-likeness (QED) is 0.361. The van der Waals surface area contributed by atoms with Gasteiger partial charge in [0.25, 0.3) is 0 Å². The van der Waals surface area contributed by atoms with Crippen LogP contribution >= 0.6 is 0 Å². The molecule has 0 atom stereocenters. The highest BCUT2D eigenvalue weighted by molar-refractivity contribution is 5.91. The minimum Gasteiger partial charge on any atom is -0.354 e. The van der Waals surface area contributed by atoms with Crippen molar-refractivity contribution in [3.05, 3.63) is 59.2 Å². The molecule has 3 aromatic rings. The summed E-state index contributed by atoms with van der Waals surface area (Å²) in [4.78, 5) is 3.49. The van der Waals surface area contributed by atoms with Gasteiger partial charge in [0.2, 0.25) is 0 Å². The number of rotatable bonds is 6. The van der Waals surface area contributed by atoms with Gasteiger partial charge >= 0.3 is 6.18 Å². The minimum atomic E-state index is -4.35. The lowest BCUT2D eigenvalue weighted by Crippen LogP contribution is -2.48. The van der Waals surface area contributed by atoms with Crippen LogP contribution in [0.3, 0.4) is 0 Å². The average molecular weight is 467 g/mol. The van der Waals surface area contributed by atoms with Crippen molar-refractivity contribution in [3.8, 4) is 11.3 Å². The fourth-order valence-electron chi connectivity index (χ4n) is 7.84. The van der Waals surface area contributed by atoms with Gasteiger partial charge in [-0.05, 0) is 128 Å². The predicted molar refractivity (Wildman–Crippen MR) is 131 cm³/mol. The molecule has 0 amide bonds. The van der Waals surface area contributed by atoms with Gasteiger partial charge < -0.3 is 10.7 Å². The van der Waals surface area contributed by atoms with Crippen LogP contribution in [-0.2, 0) is 18.0 Å². The van der Waals surface area contributed by atoms with E-state index in [4.69, 9.17) is 5.73 Å². The molecule has 7 rings (SSSR count). The van der Waals surface area contributed by atoms with Crippen molar-refractivity contribution >= 4 is 10.9 Å². The third-order valence-electron chi connectivity index (χ3n) is 8.92. The van der Waals surface area contributed by atoms with Crippen LogP contribution in [0.2, 0.25) is 0 Å². The zero-order valence-corrected chi connectivity index (χ0v) is 19.6. The standard InChI is InChI=1S/C29H33F3N2/c30-29(31,32)23-5-3-4-21(13-23)27-24(6-1-2-9-33)25-14-22(7-8-26(25)34-27)28-15-18-10-19(16-28)12-20(11-18)17-28/h3-5,7-8,13-14,18-20,34H,1-2,6,9-12,15-17,33H2. The van der Waals surface area contributed by atoms with Crippen molar-refractivity contribution in [1.29, 1.82) is 0 Å². The average Bonchev–Trinajstić information content (AvgIpc) is 3.16. The molecule has 1 heterocycles. The van der Waals surface area contributed by atoms with Crippen molar-refractivity contribution in [2.45, 2.75) is 69.4 Å². The Kier molecular flexibility index (Phi) is 5.32. The van der Waals surface area contributed by atoms with E-state index in [9.17, 15) is 13.2 Å². The van der Waals surface area contributed by atoms with Crippen LogP contribution in [0.4, 0.5) is 13.2 Å². The van der Waals surface area contributed by atoms with Gasteiger partial charge in [-0.25, -0.2) is 0 Å². The number of alkyl halides is 3. The van der Waals surface area contributed by atoms with Crippen molar-refractivity contribution < 1.29 is 13.2 Å². The molecule has 1 aromatic heterocycles. The molecule has 4 aliphatic carbocycles. The smallest absolute Gasteiger partial charge is 0.354 e. The van der Waals surface area contributed by atoms with Gasteiger partial charge in [0.05, 0.1) is 5.56 Å². The molecule has 2 nitrogen and oxygen atoms in total. The monoisotopic (exact) mass is 466 g/mol.